The van der Waals surface area contributed by atoms with E-state index in [4.69, 9.17) is 9.47 Å². The molecule has 0 spiro atoms. The van der Waals surface area contributed by atoms with Crippen LogP contribution in [0.25, 0.3) is 0 Å². The Kier molecular flexibility index (Phi) is 4.97. The number of rotatable bonds is 5. The van der Waals surface area contributed by atoms with Gasteiger partial charge in [-0.15, -0.1) is 0 Å². The number of carbonyl (C=O) groups excluding carboxylic acids is 1. The van der Waals surface area contributed by atoms with Crippen molar-refractivity contribution in [3.63, 3.8) is 0 Å². The smallest absolute Gasteiger partial charge is 0.217 e. The molecule has 0 aliphatic rings. The average molecular weight is 253 g/mol. The average Bonchev–Trinajstić information content (AvgIpc) is 2.35. The SMILES string of the molecule is COc1cc(C)c(C(CO)NC(C)=O)cc1OC. The van der Waals surface area contributed by atoms with Crippen molar-refractivity contribution in [2.75, 3.05) is 20.8 Å². The number of aliphatic hydroxyl groups is 1. The van der Waals surface area contributed by atoms with Gasteiger partial charge in [0.05, 0.1) is 26.9 Å². The van der Waals surface area contributed by atoms with Gasteiger partial charge >= 0.3 is 0 Å². The van der Waals surface area contributed by atoms with E-state index in [2.05, 4.69) is 5.32 Å². The molecule has 5 heteroatoms. The number of carbonyl (C=O) groups is 1. The molecule has 0 aromatic heterocycles. The Balaban J connectivity index is 3.18. The molecule has 0 aliphatic heterocycles. The van der Waals surface area contributed by atoms with E-state index in [9.17, 15) is 9.90 Å². The molecule has 100 valence electrons. The lowest BCUT2D eigenvalue weighted by molar-refractivity contribution is -0.120. The second kappa shape index (κ2) is 6.26. The lowest BCUT2D eigenvalue weighted by Gasteiger charge is -2.20. The summed E-state index contributed by atoms with van der Waals surface area (Å²) in [5.74, 6) is 1.00. The predicted octanol–water partition coefficient (Wildman–Crippen LogP) is 1.18. The molecule has 2 N–H and O–H groups in total. The van der Waals surface area contributed by atoms with Crippen LogP contribution in [0.5, 0.6) is 11.5 Å². The molecule has 0 saturated carbocycles. The number of aryl methyl sites for hydroxylation is 1. The van der Waals surface area contributed by atoms with Gasteiger partial charge in [-0.1, -0.05) is 0 Å². The fourth-order valence-electron chi connectivity index (χ4n) is 1.84. The van der Waals surface area contributed by atoms with Crippen LogP contribution in [-0.4, -0.2) is 31.8 Å². The Hall–Kier alpha value is -1.75. The molecular weight excluding hydrogens is 234 g/mol. The van der Waals surface area contributed by atoms with E-state index in [-0.39, 0.29) is 12.5 Å². The van der Waals surface area contributed by atoms with Crippen LogP contribution in [0.1, 0.15) is 24.1 Å². The zero-order chi connectivity index (χ0) is 13.7. The molecule has 1 aromatic rings. The van der Waals surface area contributed by atoms with Gasteiger partial charge < -0.3 is 19.9 Å². The highest BCUT2D eigenvalue weighted by Gasteiger charge is 2.17. The topological polar surface area (TPSA) is 67.8 Å². The monoisotopic (exact) mass is 253 g/mol. The Morgan fingerprint density at radius 3 is 2.33 bits per heavy atom. The van der Waals surface area contributed by atoms with Crippen molar-refractivity contribution in [2.45, 2.75) is 19.9 Å². The molecule has 1 aromatic carbocycles. The van der Waals surface area contributed by atoms with E-state index in [0.717, 1.165) is 11.1 Å². The molecule has 1 rings (SSSR count). The van der Waals surface area contributed by atoms with E-state index in [1.807, 2.05) is 13.0 Å². The molecule has 0 aliphatic carbocycles. The number of aliphatic hydroxyl groups excluding tert-OH is 1. The Labute approximate surface area is 107 Å². The highest BCUT2D eigenvalue weighted by atomic mass is 16.5. The number of nitrogens with one attached hydrogen (secondary N) is 1. The van der Waals surface area contributed by atoms with Crippen molar-refractivity contribution in [2.24, 2.45) is 0 Å². The van der Waals surface area contributed by atoms with Crippen LogP contribution in [0.3, 0.4) is 0 Å². The quantitative estimate of drug-likeness (QED) is 0.827. The van der Waals surface area contributed by atoms with Crippen molar-refractivity contribution in [3.8, 4) is 11.5 Å². The first-order valence-electron chi connectivity index (χ1n) is 5.64. The first-order valence-corrected chi connectivity index (χ1v) is 5.64. The Morgan fingerprint density at radius 1 is 1.33 bits per heavy atom. The lowest BCUT2D eigenvalue weighted by atomic mass is 10.0. The summed E-state index contributed by atoms with van der Waals surface area (Å²) < 4.78 is 10.4. The van der Waals surface area contributed by atoms with Crippen LogP contribution in [0.2, 0.25) is 0 Å². The maximum absolute atomic E-state index is 11.1. The summed E-state index contributed by atoms with van der Waals surface area (Å²) in [4.78, 5) is 11.1. The van der Waals surface area contributed by atoms with Crippen LogP contribution in [0.15, 0.2) is 12.1 Å². The van der Waals surface area contributed by atoms with Gasteiger partial charge in [-0.05, 0) is 30.2 Å². The normalized spacial score (nSPS) is 11.8. The van der Waals surface area contributed by atoms with Gasteiger partial charge in [0.2, 0.25) is 5.91 Å². The van der Waals surface area contributed by atoms with Gasteiger partial charge in [0, 0.05) is 6.92 Å². The third-order valence-corrected chi connectivity index (χ3v) is 2.71. The molecule has 5 nitrogen and oxygen atoms in total. The fraction of sp³-hybridized carbons (Fsp3) is 0.462. The minimum absolute atomic E-state index is 0.171. The van der Waals surface area contributed by atoms with Crippen molar-refractivity contribution >= 4 is 5.91 Å². The van der Waals surface area contributed by atoms with E-state index >= 15 is 0 Å². The minimum atomic E-state index is -0.442. The molecule has 0 bridgehead atoms. The molecular formula is C13H19NO4. The van der Waals surface area contributed by atoms with Crippen molar-refractivity contribution in [3.05, 3.63) is 23.3 Å². The minimum Gasteiger partial charge on any atom is -0.493 e. The molecule has 18 heavy (non-hydrogen) atoms. The number of ether oxygens (including phenoxy) is 2. The summed E-state index contributed by atoms with van der Waals surface area (Å²) in [6.45, 7) is 3.14. The third-order valence-electron chi connectivity index (χ3n) is 2.71. The van der Waals surface area contributed by atoms with Crippen LogP contribution in [0.4, 0.5) is 0 Å². The van der Waals surface area contributed by atoms with Crippen molar-refractivity contribution in [1.82, 2.24) is 5.32 Å². The summed E-state index contributed by atoms with van der Waals surface area (Å²) in [5.41, 5.74) is 1.73. The summed E-state index contributed by atoms with van der Waals surface area (Å²) in [6.07, 6.45) is 0. The van der Waals surface area contributed by atoms with Crippen LogP contribution in [0, 0.1) is 6.92 Å². The van der Waals surface area contributed by atoms with Gasteiger partial charge in [0.25, 0.3) is 0 Å². The molecule has 1 amide bonds. The standard InChI is InChI=1S/C13H19NO4/c1-8-5-12(17-3)13(18-4)6-10(8)11(7-15)14-9(2)16/h5-6,11,15H,7H2,1-4H3,(H,14,16). The Bertz CT molecular complexity index is 431. The zero-order valence-corrected chi connectivity index (χ0v) is 11.1. The fourth-order valence-corrected chi connectivity index (χ4v) is 1.84. The van der Waals surface area contributed by atoms with Crippen LogP contribution < -0.4 is 14.8 Å². The third kappa shape index (κ3) is 3.13. The van der Waals surface area contributed by atoms with Gasteiger partial charge in [-0.3, -0.25) is 4.79 Å². The molecule has 0 heterocycles. The predicted molar refractivity (Wildman–Crippen MR) is 67.9 cm³/mol. The second-order valence-corrected chi connectivity index (χ2v) is 4.00. The molecule has 1 atom stereocenters. The van der Waals surface area contributed by atoms with Crippen molar-refractivity contribution in [1.29, 1.82) is 0 Å². The molecule has 0 saturated heterocycles. The van der Waals surface area contributed by atoms with E-state index in [1.165, 1.54) is 6.92 Å². The molecule has 0 radical (unpaired) electrons. The summed E-state index contributed by atoms with van der Waals surface area (Å²) in [7, 11) is 3.11. The van der Waals surface area contributed by atoms with Crippen LogP contribution in [-0.2, 0) is 4.79 Å². The summed E-state index contributed by atoms with van der Waals surface area (Å²) in [6, 6.07) is 3.14. The van der Waals surface area contributed by atoms with E-state index in [1.54, 1.807) is 20.3 Å². The van der Waals surface area contributed by atoms with Gasteiger partial charge in [0.15, 0.2) is 11.5 Å². The van der Waals surface area contributed by atoms with E-state index in [0.29, 0.717) is 11.5 Å². The number of amides is 1. The zero-order valence-electron chi connectivity index (χ0n) is 11.1. The van der Waals surface area contributed by atoms with Gasteiger partial charge in [-0.2, -0.15) is 0 Å². The maximum Gasteiger partial charge on any atom is 0.217 e. The highest BCUT2D eigenvalue weighted by Crippen LogP contribution is 2.32. The molecule has 1 unspecified atom stereocenters. The molecule has 0 fully saturated rings. The largest absolute Gasteiger partial charge is 0.493 e. The second-order valence-electron chi connectivity index (χ2n) is 4.00. The van der Waals surface area contributed by atoms with Crippen molar-refractivity contribution < 1.29 is 19.4 Å². The van der Waals surface area contributed by atoms with Gasteiger partial charge in [-0.25, -0.2) is 0 Å². The number of hydrogen-bond donors (Lipinski definition) is 2. The van der Waals surface area contributed by atoms with Crippen LogP contribution >= 0.6 is 0 Å². The first kappa shape index (κ1) is 14.3. The number of benzene rings is 1. The van der Waals surface area contributed by atoms with E-state index < -0.39 is 6.04 Å². The lowest BCUT2D eigenvalue weighted by Crippen LogP contribution is -2.29. The Morgan fingerprint density at radius 2 is 1.89 bits per heavy atom. The number of methoxy groups -OCH3 is 2. The first-order chi connectivity index (χ1) is 8.53. The maximum atomic E-state index is 11.1. The summed E-state index contributed by atoms with van der Waals surface area (Å²) in [5, 5.41) is 12.0. The number of hydrogen-bond acceptors (Lipinski definition) is 4. The van der Waals surface area contributed by atoms with Gasteiger partial charge in [0.1, 0.15) is 0 Å². The summed E-state index contributed by atoms with van der Waals surface area (Å²) >= 11 is 0. The highest BCUT2D eigenvalue weighted by molar-refractivity contribution is 5.73.